The number of hydrogen-bond acceptors (Lipinski definition) is 4. The first-order chi connectivity index (χ1) is 9.52. The second kappa shape index (κ2) is 5.03. The number of aliphatic carboxylic acids is 1. The first kappa shape index (κ1) is 13.3. The topological polar surface area (TPSA) is 62.2 Å². The van der Waals surface area contributed by atoms with Crippen LogP contribution in [0.25, 0.3) is 0 Å². The van der Waals surface area contributed by atoms with Gasteiger partial charge in [-0.25, -0.2) is 9.37 Å². The van der Waals surface area contributed by atoms with Crippen LogP contribution in [-0.2, 0) is 11.2 Å². The molecule has 1 aromatic carbocycles. The molecule has 2 N–H and O–H groups in total. The summed E-state index contributed by atoms with van der Waals surface area (Å²) in [5.74, 6) is -1.82. The van der Waals surface area contributed by atoms with Gasteiger partial charge in [0, 0.05) is 15.6 Å². The maximum absolute atomic E-state index is 13.2. The van der Waals surface area contributed by atoms with Crippen LogP contribution in [0.15, 0.2) is 18.2 Å². The fraction of sp³-hybridized carbons (Fsp3) is 0.231. The van der Waals surface area contributed by atoms with E-state index in [1.54, 1.807) is 6.07 Å². The van der Waals surface area contributed by atoms with Crippen molar-refractivity contribution >= 4 is 39.7 Å². The Balaban J connectivity index is 1.86. The molecule has 0 saturated carbocycles. The second-order valence-corrected chi connectivity index (χ2v) is 6.06. The third kappa shape index (κ3) is 2.48. The maximum Gasteiger partial charge on any atom is 0.312 e. The molecule has 3 rings (SSSR count). The summed E-state index contributed by atoms with van der Waals surface area (Å²) in [7, 11) is 0. The average molecular weight is 313 g/mol. The number of nitrogens with one attached hydrogen (secondary N) is 1. The molecule has 1 aromatic heterocycles. The molecule has 0 amide bonds. The summed E-state index contributed by atoms with van der Waals surface area (Å²) in [6.45, 7) is 0. The molecule has 0 spiro atoms. The summed E-state index contributed by atoms with van der Waals surface area (Å²) >= 11 is 7.18. The van der Waals surface area contributed by atoms with E-state index in [9.17, 15) is 9.18 Å². The Morgan fingerprint density at radius 2 is 2.30 bits per heavy atom. The molecule has 4 nitrogen and oxygen atoms in total. The van der Waals surface area contributed by atoms with Crippen LogP contribution in [0.2, 0.25) is 5.02 Å². The number of anilines is 2. The van der Waals surface area contributed by atoms with E-state index in [0.29, 0.717) is 28.0 Å². The highest BCUT2D eigenvalue weighted by molar-refractivity contribution is 7.15. The zero-order valence-corrected chi connectivity index (χ0v) is 11.8. The quantitative estimate of drug-likeness (QED) is 0.905. The number of carboxylic acid groups (broad SMARTS) is 1. The normalized spacial score (nSPS) is 17.0. The van der Waals surface area contributed by atoms with Crippen molar-refractivity contribution in [1.82, 2.24) is 4.98 Å². The Hall–Kier alpha value is -1.66. The molecule has 20 heavy (non-hydrogen) atoms. The van der Waals surface area contributed by atoms with E-state index in [-0.39, 0.29) is 0 Å². The van der Waals surface area contributed by atoms with Gasteiger partial charge >= 0.3 is 5.97 Å². The van der Waals surface area contributed by atoms with Gasteiger partial charge in [-0.1, -0.05) is 11.6 Å². The summed E-state index contributed by atoms with van der Waals surface area (Å²) < 4.78 is 13.2. The minimum absolute atomic E-state index is 0.292. The van der Waals surface area contributed by atoms with Crippen molar-refractivity contribution < 1.29 is 14.3 Å². The van der Waals surface area contributed by atoms with E-state index >= 15 is 0 Å². The Kier molecular flexibility index (Phi) is 3.35. The van der Waals surface area contributed by atoms with Gasteiger partial charge in [-0.3, -0.25) is 4.79 Å². The summed E-state index contributed by atoms with van der Waals surface area (Å²) in [6.07, 6.45) is 1.31. The monoisotopic (exact) mass is 312 g/mol. The van der Waals surface area contributed by atoms with Crippen molar-refractivity contribution in [2.24, 2.45) is 0 Å². The van der Waals surface area contributed by atoms with Crippen LogP contribution in [0, 0.1) is 5.82 Å². The predicted molar refractivity (Wildman–Crippen MR) is 75.5 cm³/mol. The maximum atomic E-state index is 13.2. The smallest absolute Gasteiger partial charge is 0.312 e. The van der Waals surface area contributed by atoms with E-state index < -0.39 is 17.7 Å². The number of fused-ring (bicyclic) bond motifs is 1. The lowest BCUT2D eigenvalue weighted by Gasteiger charge is -2.04. The van der Waals surface area contributed by atoms with Gasteiger partial charge in [0.05, 0.1) is 5.69 Å². The van der Waals surface area contributed by atoms with Gasteiger partial charge in [0.15, 0.2) is 5.13 Å². The van der Waals surface area contributed by atoms with E-state index in [1.165, 1.54) is 23.5 Å². The van der Waals surface area contributed by atoms with Crippen molar-refractivity contribution in [2.45, 2.75) is 18.8 Å². The fourth-order valence-electron chi connectivity index (χ4n) is 2.27. The molecule has 0 fully saturated rings. The van der Waals surface area contributed by atoms with E-state index in [2.05, 4.69) is 10.3 Å². The number of thiazole rings is 1. The lowest BCUT2D eigenvalue weighted by molar-refractivity contribution is -0.138. The number of aryl methyl sites for hydroxylation is 1. The molecule has 0 saturated heterocycles. The first-order valence-corrected chi connectivity index (χ1v) is 7.18. The number of carboxylic acids is 1. The van der Waals surface area contributed by atoms with Crippen molar-refractivity contribution in [3.63, 3.8) is 0 Å². The summed E-state index contributed by atoms with van der Waals surface area (Å²) in [6, 6.07) is 4.12. The minimum Gasteiger partial charge on any atom is -0.481 e. The van der Waals surface area contributed by atoms with Crippen LogP contribution in [-0.4, -0.2) is 16.1 Å². The number of hydrogen-bond donors (Lipinski definition) is 2. The zero-order valence-electron chi connectivity index (χ0n) is 10.2. The minimum atomic E-state index is -0.852. The number of benzene rings is 1. The van der Waals surface area contributed by atoms with Gasteiger partial charge in [0.1, 0.15) is 11.7 Å². The summed E-state index contributed by atoms with van der Waals surface area (Å²) in [5.41, 5.74) is 1.11. The molecule has 2 aromatic rings. The van der Waals surface area contributed by atoms with Gasteiger partial charge in [-0.2, -0.15) is 0 Å². The van der Waals surface area contributed by atoms with Crippen molar-refractivity contribution in [3.05, 3.63) is 39.6 Å². The van der Waals surface area contributed by atoms with Crippen LogP contribution < -0.4 is 5.32 Å². The molecule has 1 aliphatic rings. The second-order valence-electron chi connectivity index (χ2n) is 4.54. The highest BCUT2D eigenvalue weighted by Gasteiger charge is 2.32. The number of aromatic nitrogens is 1. The van der Waals surface area contributed by atoms with E-state index in [1.807, 2.05) is 0 Å². The summed E-state index contributed by atoms with van der Waals surface area (Å²) in [5, 5.41) is 12.9. The number of halogens is 2. The van der Waals surface area contributed by atoms with E-state index in [0.717, 1.165) is 11.3 Å². The SMILES string of the molecule is O=C(O)C1CCc2sc(Nc3cc(F)cc(Cl)c3)nc21. The predicted octanol–water partition coefficient (Wildman–Crippen LogP) is 3.79. The Morgan fingerprint density at radius 1 is 1.50 bits per heavy atom. The highest BCUT2D eigenvalue weighted by Crippen LogP contribution is 2.39. The van der Waals surface area contributed by atoms with Crippen molar-refractivity contribution in [2.75, 3.05) is 5.32 Å². The molecular formula is C13H10ClFN2O2S. The molecular weight excluding hydrogens is 303 g/mol. The van der Waals surface area contributed by atoms with Gasteiger partial charge in [0.25, 0.3) is 0 Å². The summed E-state index contributed by atoms with van der Waals surface area (Å²) in [4.78, 5) is 16.4. The van der Waals surface area contributed by atoms with Crippen LogP contribution in [0.3, 0.4) is 0 Å². The van der Waals surface area contributed by atoms with Gasteiger partial charge < -0.3 is 10.4 Å². The van der Waals surface area contributed by atoms with Gasteiger partial charge in [-0.15, -0.1) is 11.3 Å². The third-order valence-electron chi connectivity index (χ3n) is 3.13. The molecule has 1 aliphatic carbocycles. The van der Waals surface area contributed by atoms with Gasteiger partial charge in [-0.05, 0) is 31.0 Å². The largest absolute Gasteiger partial charge is 0.481 e. The van der Waals surface area contributed by atoms with Crippen LogP contribution in [0.1, 0.15) is 22.9 Å². The van der Waals surface area contributed by atoms with Gasteiger partial charge in [0.2, 0.25) is 0 Å². The van der Waals surface area contributed by atoms with Crippen LogP contribution >= 0.6 is 22.9 Å². The zero-order chi connectivity index (χ0) is 14.3. The molecule has 7 heteroatoms. The average Bonchev–Trinajstić information content (AvgIpc) is 2.85. The molecule has 1 heterocycles. The Bertz CT molecular complexity index is 669. The lowest BCUT2D eigenvalue weighted by atomic mass is 10.1. The molecule has 104 valence electrons. The molecule has 1 atom stereocenters. The molecule has 1 unspecified atom stereocenters. The Morgan fingerprint density at radius 3 is 3.00 bits per heavy atom. The first-order valence-electron chi connectivity index (χ1n) is 5.98. The van der Waals surface area contributed by atoms with Crippen LogP contribution in [0.4, 0.5) is 15.2 Å². The van der Waals surface area contributed by atoms with Crippen molar-refractivity contribution in [3.8, 4) is 0 Å². The lowest BCUT2D eigenvalue weighted by Crippen LogP contribution is -2.08. The van der Waals surface area contributed by atoms with E-state index in [4.69, 9.17) is 16.7 Å². The van der Waals surface area contributed by atoms with Crippen molar-refractivity contribution in [1.29, 1.82) is 0 Å². The fourth-order valence-corrected chi connectivity index (χ4v) is 3.55. The third-order valence-corrected chi connectivity index (χ3v) is 4.39. The standard InChI is InChI=1S/C13H10ClFN2O2S/c14-6-3-7(15)5-8(4-6)16-13-17-11-9(12(18)19)1-2-10(11)20-13/h3-5,9H,1-2H2,(H,16,17)(H,18,19). The highest BCUT2D eigenvalue weighted by atomic mass is 35.5. The molecule has 0 radical (unpaired) electrons. The van der Waals surface area contributed by atoms with Crippen LogP contribution in [0.5, 0.6) is 0 Å². The Labute approximate surface area is 123 Å². The molecule has 0 aliphatic heterocycles. The number of carbonyl (C=O) groups is 1. The molecule has 0 bridgehead atoms. The number of rotatable bonds is 3. The number of nitrogens with zero attached hydrogens (tertiary/aromatic N) is 1.